The maximum Gasteiger partial charge on any atom is 0.313 e. The maximum absolute atomic E-state index is 12.1. The molecule has 1 aromatic carbocycles. The van der Waals surface area contributed by atoms with Gasteiger partial charge in [0.05, 0.1) is 12.8 Å². The molecule has 1 heterocycles. The number of hydrogen-bond acceptors (Lipinski definition) is 5. The summed E-state index contributed by atoms with van der Waals surface area (Å²) in [7, 11) is 3.49. The largest absolute Gasteiger partial charge is 0.458 e. The van der Waals surface area contributed by atoms with Crippen LogP contribution in [0.15, 0.2) is 24.3 Å². The topological polar surface area (TPSA) is 55.8 Å². The summed E-state index contributed by atoms with van der Waals surface area (Å²) >= 11 is 0. The summed E-state index contributed by atoms with van der Waals surface area (Å²) in [6, 6.07) is 8.16. The quantitative estimate of drug-likeness (QED) is 0.449. The first kappa shape index (κ1) is 17.9. The van der Waals surface area contributed by atoms with E-state index in [4.69, 9.17) is 9.57 Å². The number of esters is 1. The van der Waals surface area contributed by atoms with E-state index in [0.717, 1.165) is 37.8 Å². The molecule has 25 heavy (non-hydrogen) atoms. The highest BCUT2D eigenvalue weighted by atomic mass is 16.7. The van der Waals surface area contributed by atoms with E-state index in [0.29, 0.717) is 18.8 Å². The van der Waals surface area contributed by atoms with Crippen LogP contribution in [-0.2, 0) is 25.6 Å². The van der Waals surface area contributed by atoms with Gasteiger partial charge in [-0.15, -0.1) is 0 Å². The molecule has 1 saturated heterocycles. The Balaban J connectivity index is 1.72. The van der Waals surface area contributed by atoms with Gasteiger partial charge in [-0.3, -0.25) is 19.5 Å². The molecule has 0 N–H and O–H groups in total. The summed E-state index contributed by atoms with van der Waals surface area (Å²) in [5.41, 5.74) is 1.57. The SMILES string of the molecule is CON(C)c1ccc(CCC2(C3CCCC3)CC(=O)CC(=O)O2)cc1. The molecule has 5 nitrogen and oxygen atoms in total. The van der Waals surface area contributed by atoms with E-state index in [1.165, 1.54) is 5.56 Å². The zero-order chi connectivity index (χ0) is 17.9. The van der Waals surface area contributed by atoms with Gasteiger partial charge < -0.3 is 4.74 Å². The van der Waals surface area contributed by atoms with Crippen LogP contribution in [0.5, 0.6) is 0 Å². The van der Waals surface area contributed by atoms with Gasteiger partial charge in [-0.25, -0.2) is 0 Å². The highest BCUT2D eigenvalue weighted by molar-refractivity contribution is 5.98. The molecule has 1 atom stereocenters. The predicted octanol–water partition coefficient (Wildman–Crippen LogP) is 3.45. The minimum atomic E-state index is -0.592. The van der Waals surface area contributed by atoms with Gasteiger partial charge in [-0.05, 0) is 49.3 Å². The predicted molar refractivity (Wildman–Crippen MR) is 95.2 cm³/mol. The number of aryl methyl sites for hydroxylation is 1. The van der Waals surface area contributed by atoms with Crippen LogP contribution in [-0.4, -0.2) is 31.5 Å². The maximum atomic E-state index is 12.1. The summed E-state index contributed by atoms with van der Waals surface area (Å²) in [5, 5.41) is 1.70. The van der Waals surface area contributed by atoms with E-state index in [-0.39, 0.29) is 18.2 Å². The zero-order valence-electron chi connectivity index (χ0n) is 15.1. The molecular formula is C20H27NO4. The van der Waals surface area contributed by atoms with Crippen LogP contribution in [0.4, 0.5) is 5.69 Å². The molecule has 0 amide bonds. The first-order chi connectivity index (χ1) is 12.0. The number of benzene rings is 1. The number of anilines is 1. The molecule has 1 aliphatic carbocycles. The van der Waals surface area contributed by atoms with Crippen molar-refractivity contribution in [2.24, 2.45) is 5.92 Å². The number of Topliss-reactive ketones (excluding diaryl/α,β-unsaturated/α-hetero) is 1. The molecule has 2 fully saturated rings. The molecule has 1 unspecified atom stereocenters. The number of ketones is 1. The average Bonchev–Trinajstić information content (AvgIpc) is 3.14. The molecule has 2 aliphatic rings. The van der Waals surface area contributed by atoms with E-state index < -0.39 is 5.60 Å². The lowest BCUT2D eigenvalue weighted by Gasteiger charge is -2.41. The van der Waals surface area contributed by atoms with Crippen molar-refractivity contribution in [3.63, 3.8) is 0 Å². The summed E-state index contributed by atoms with van der Waals surface area (Å²) in [4.78, 5) is 29.2. The minimum Gasteiger partial charge on any atom is -0.458 e. The molecule has 1 aliphatic heterocycles. The summed E-state index contributed by atoms with van der Waals surface area (Å²) in [6.45, 7) is 0. The van der Waals surface area contributed by atoms with Gasteiger partial charge >= 0.3 is 5.97 Å². The van der Waals surface area contributed by atoms with Crippen molar-refractivity contribution in [1.82, 2.24) is 0 Å². The van der Waals surface area contributed by atoms with E-state index >= 15 is 0 Å². The van der Waals surface area contributed by atoms with Crippen molar-refractivity contribution >= 4 is 17.4 Å². The van der Waals surface area contributed by atoms with Crippen LogP contribution >= 0.6 is 0 Å². The van der Waals surface area contributed by atoms with Gasteiger partial charge in [-0.1, -0.05) is 25.0 Å². The number of ether oxygens (including phenoxy) is 1. The number of cyclic esters (lactones) is 1. The lowest BCUT2D eigenvalue weighted by Crippen LogP contribution is -2.48. The molecule has 1 aromatic rings. The molecule has 5 heteroatoms. The smallest absolute Gasteiger partial charge is 0.313 e. The Morgan fingerprint density at radius 1 is 1.20 bits per heavy atom. The molecule has 0 radical (unpaired) electrons. The van der Waals surface area contributed by atoms with E-state index in [9.17, 15) is 9.59 Å². The Morgan fingerprint density at radius 2 is 1.88 bits per heavy atom. The zero-order valence-corrected chi connectivity index (χ0v) is 15.1. The fourth-order valence-corrected chi connectivity index (χ4v) is 4.21. The van der Waals surface area contributed by atoms with Crippen LogP contribution in [0.25, 0.3) is 0 Å². The van der Waals surface area contributed by atoms with Gasteiger partial charge in [0.25, 0.3) is 0 Å². The standard InChI is InChI=1S/C20H27NO4/c1-21(24-2)17-9-7-15(8-10-17)11-12-20(16-5-3-4-6-16)14-18(22)13-19(23)25-20/h7-10,16H,3-6,11-14H2,1-2H3. The molecule has 136 valence electrons. The Morgan fingerprint density at radius 3 is 2.48 bits per heavy atom. The lowest BCUT2D eigenvalue weighted by molar-refractivity contribution is -0.178. The van der Waals surface area contributed by atoms with E-state index in [1.54, 1.807) is 12.2 Å². The van der Waals surface area contributed by atoms with Crippen molar-refractivity contribution < 1.29 is 19.2 Å². The number of rotatable bonds is 6. The second-order valence-electron chi connectivity index (χ2n) is 7.26. The van der Waals surface area contributed by atoms with Gasteiger partial charge in [0.15, 0.2) is 0 Å². The van der Waals surface area contributed by atoms with Crippen LogP contribution in [0.3, 0.4) is 0 Å². The monoisotopic (exact) mass is 345 g/mol. The fourth-order valence-electron chi connectivity index (χ4n) is 4.21. The third kappa shape index (κ3) is 4.03. The highest BCUT2D eigenvalue weighted by Crippen LogP contribution is 2.43. The van der Waals surface area contributed by atoms with Gasteiger partial charge in [0, 0.05) is 13.5 Å². The Hall–Kier alpha value is -1.88. The number of carbonyl (C=O) groups excluding carboxylic acids is 2. The first-order valence-corrected chi connectivity index (χ1v) is 9.13. The van der Waals surface area contributed by atoms with Crippen molar-refractivity contribution in [1.29, 1.82) is 0 Å². The number of carbonyl (C=O) groups is 2. The molecular weight excluding hydrogens is 318 g/mol. The Kier molecular flexibility index (Phi) is 5.42. The summed E-state index contributed by atoms with van der Waals surface area (Å²) in [5.74, 6) is 0.0000301. The van der Waals surface area contributed by atoms with Crippen LogP contribution in [0.2, 0.25) is 0 Å². The van der Waals surface area contributed by atoms with Crippen molar-refractivity contribution in [2.45, 2.75) is 57.0 Å². The van der Waals surface area contributed by atoms with Crippen LogP contribution in [0, 0.1) is 5.92 Å². The van der Waals surface area contributed by atoms with Crippen LogP contribution < -0.4 is 5.06 Å². The van der Waals surface area contributed by atoms with Gasteiger partial charge in [0.2, 0.25) is 0 Å². The van der Waals surface area contributed by atoms with Crippen molar-refractivity contribution in [2.75, 3.05) is 19.2 Å². The van der Waals surface area contributed by atoms with Crippen molar-refractivity contribution in [3.8, 4) is 0 Å². The molecule has 3 rings (SSSR count). The Bertz CT molecular complexity index is 603. The lowest BCUT2D eigenvalue weighted by atomic mass is 9.76. The summed E-state index contributed by atoms with van der Waals surface area (Å²) < 4.78 is 5.84. The number of nitrogens with zero attached hydrogens (tertiary/aromatic N) is 1. The van der Waals surface area contributed by atoms with Crippen LogP contribution in [0.1, 0.15) is 50.5 Å². The third-order valence-electron chi connectivity index (χ3n) is 5.66. The number of hydrogen-bond donors (Lipinski definition) is 0. The van der Waals surface area contributed by atoms with E-state index in [1.807, 2.05) is 19.2 Å². The van der Waals surface area contributed by atoms with E-state index in [2.05, 4.69) is 12.1 Å². The second-order valence-corrected chi connectivity index (χ2v) is 7.26. The second kappa shape index (κ2) is 7.56. The first-order valence-electron chi connectivity index (χ1n) is 9.13. The Labute approximate surface area is 149 Å². The highest BCUT2D eigenvalue weighted by Gasteiger charge is 2.47. The summed E-state index contributed by atoms with van der Waals surface area (Å²) in [6.07, 6.45) is 6.27. The van der Waals surface area contributed by atoms with Crippen molar-refractivity contribution in [3.05, 3.63) is 29.8 Å². The molecule has 0 aromatic heterocycles. The molecule has 1 saturated carbocycles. The fraction of sp³-hybridized carbons (Fsp3) is 0.600. The van der Waals surface area contributed by atoms with Gasteiger partial charge in [-0.2, -0.15) is 0 Å². The average molecular weight is 345 g/mol. The van der Waals surface area contributed by atoms with Gasteiger partial charge in [0.1, 0.15) is 17.8 Å². The molecule has 0 spiro atoms. The third-order valence-corrected chi connectivity index (χ3v) is 5.66. The minimum absolute atomic E-state index is 0.0280. The normalized spacial score (nSPS) is 24.4. The molecule has 0 bridgehead atoms. The number of hydroxylamine groups is 1.